The summed E-state index contributed by atoms with van der Waals surface area (Å²) in [4.78, 5) is 3.89. The third-order valence-corrected chi connectivity index (χ3v) is 2.98. The third-order valence-electron chi connectivity index (χ3n) is 2.98. The fourth-order valence-electron chi connectivity index (χ4n) is 2.07. The molecular weight excluding hydrogens is 243 g/mol. The van der Waals surface area contributed by atoms with Crippen LogP contribution < -0.4 is 0 Å². The molecule has 0 amide bonds. The van der Waals surface area contributed by atoms with Crippen LogP contribution in [0.3, 0.4) is 0 Å². The Balaban J connectivity index is 1.96. The van der Waals surface area contributed by atoms with Gasteiger partial charge in [-0.2, -0.15) is 5.10 Å². The molecule has 0 aliphatic carbocycles. The highest BCUT2D eigenvalue weighted by Gasteiger charge is 2.35. The lowest BCUT2D eigenvalue weighted by molar-refractivity contribution is -0.0243. The van der Waals surface area contributed by atoms with E-state index in [0.29, 0.717) is 17.1 Å². The first-order chi connectivity index (χ1) is 8.53. The van der Waals surface area contributed by atoms with Crippen LogP contribution in [0.5, 0.6) is 0 Å². The lowest BCUT2D eigenvalue weighted by Gasteiger charge is -2.22. The van der Waals surface area contributed by atoms with E-state index in [9.17, 15) is 13.2 Å². The summed E-state index contributed by atoms with van der Waals surface area (Å²) in [6, 6.07) is 4.35. The zero-order valence-electron chi connectivity index (χ0n) is 9.41. The molecular formula is C12H10F3N3. The van der Waals surface area contributed by atoms with E-state index < -0.39 is 11.7 Å². The number of hydrogen-bond acceptors (Lipinski definition) is 2. The normalized spacial score (nSPS) is 17.5. The SMILES string of the molecule is Fc1ccc(-c2cc3n(n2)CCC(F)(F)C3)nc1. The van der Waals surface area contributed by atoms with E-state index in [-0.39, 0.29) is 19.4 Å². The Morgan fingerprint density at radius 1 is 1.22 bits per heavy atom. The third kappa shape index (κ3) is 1.98. The van der Waals surface area contributed by atoms with Crippen LogP contribution in [-0.2, 0) is 13.0 Å². The van der Waals surface area contributed by atoms with E-state index in [1.54, 1.807) is 10.7 Å². The number of fused-ring (bicyclic) bond motifs is 1. The number of alkyl halides is 2. The number of pyridine rings is 1. The largest absolute Gasteiger partial charge is 0.268 e. The summed E-state index contributed by atoms with van der Waals surface area (Å²) in [6.45, 7) is 0.198. The highest BCUT2D eigenvalue weighted by atomic mass is 19.3. The molecule has 0 spiro atoms. The molecule has 3 heterocycles. The van der Waals surface area contributed by atoms with Gasteiger partial charge in [-0.05, 0) is 18.2 Å². The Labute approximate surface area is 101 Å². The first kappa shape index (κ1) is 11.3. The molecule has 0 atom stereocenters. The highest BCUT2D eigenvalue weighted by molar-refractivity contribution is 5.54. The summed E-state index contributed by atoms with van der Waals surface area (Å²) in [6.07, 6.45) is 0.585. The highest BCUT2D eigenvalue weighted by Crippen LogP contribution is 2.31. The van der Waals surface area contributed by atoms with E-state index in [2.05, 4.69) is 10.1 Å². The lowest BCUT2D eigenvalue weighted by atomic mass is 10.1. The van der Waals surface area contributed by atoms with Crippen molar-refractivity contribution in [3.63, 3.8) is 0 Å². The molecule has 1 aliphatic heterocycles. The standard InChI is InChI=1S/C12H10F3N3/c13-8-1-2-10(16-7-8)11-5-9-6-12(14,15)3-4-18(9)17-11/h1-2,5,7H,3-4,6H2. The summed E-state index contributed by atoms with van der Waals surface area (Å²) in [5.74, 6) is -3.10. The predicted molar refractivity (Wildman–Crippen MR) is 58.7 cm³/mol. The molecule has 2 aromatic rings. The number of aryl methyl sites for hydroxylation is 1. The average molecular weight is 253 g/mol. The molecule has 0 saturated carbocycles. The van der Waals surface area contributed by atoms with E-state index in [0.717, 1.165) is 6.20 Å². The number of hydrogen-bond donors (Lipinski definition) is 0. The van der Waals surface area contributed by atoms with Crippen LogP contribution in [0.25, 0.3) is 11.4 Å². The van der Waals surface area contributed by atoms with Crippen LogP contribution >= 0.6 is 0 Å². The molecule has 3 nitrogen and oxygen atoms in total. The minimum Gasteiger partial charge on any atom is -0.268 e. The number of aromatic nitrogens is 3. The molecule has 0 aromatic carbocycles. The topological polar surface area (TPSA) is 30.7 Å². The van der Waals surface area contributed by atoms with Crippen molar-refractivity contribution in [2.75, 3.05) is 0 Å². The molecule has 18 heavy (non-hydrogen) atoms. The van der Waals surface area contributed by atoms with Gasteiger partial charge in [0.1, 0.15) is 11.5 Å². The fourth-order valence-corrected chi connectivity index (χ4v) is 2.07. The molecule has 6 heteroatoms. The van der Waals surface area contributed by atoms with Crippen molar-refractivity contribution in [3.05, 3.63) is 35.9 Å². The van der Waals surface area contributed by atoms with Gasteiger partial charge in [0.2, 0.25) is 0 Å². The van der Waals surface area contributed by atoms with Crippen molar-refractivity contribution < 1.29 is 13.2 Å². The van der Waals surface area contributed by atoms with Gasteiger partial charge in [0, 0.05) is 18.7 Å². The molecule has 2 aromatic heterocycles. The molecule has 0 fully saturated rings. The van der Waals surface area contributed by atoms with Crippen molar-refractivity contribution in [1.29, 1.82) is 0 Å². The van der Waals surface area contributed by atoms with Crippen molar-refractivity contribution in [2.45, 2.75) is 25.3 Å². The average Bonchev–Trinajstić information content (AvgIpc) is 2.71. The zero-order chi connectivity index (χ0) is 12.8. The van der Waals surface area contributed by atoms with Gasteiger partial charge >= 0.3 is 0 Å². The van der Waals surface area contributed by atoms with Crippen LogP contribution in [0.1, 0.15) is 12.1 Å². The summed E-state index contributed by atoms with van der Waals surface area (Å²) >= 11 is 0. The Kier molecular flexibility index (Phi) is 2.39. The molecule has 3 rings (SSSR count). The fraction of sp³-hybridized carbons (Fsp3) is 0.333. The van der Waals surface area contributed by atoms with Gasteiger partial charge in [-0.25, -0.2) is 13.2 Å². The van der Waals surface area contributed by atoms with Crippen LogP contribution in [0.2, 0.25) is 0 Å². The van der Waals surface area contributed by atoms with Gasteiger partial charge in [0.25, 0.3) is 5.92 Å². The van der Waals surface area contributed by atoms with Gasteiger partial charge < -0.3 is 0 Å². The van der Waals surface area contributed by atoms with Crippen molar-refractivity contribution in [2.24, 2.45) is 0 Å². The van der Waals surface area contributed by atoms with Crippen molar-refractivity contribution in [1.82, 2.24) is 14.8 Å². The van der Waals surface area contributed by atoms with Crippen LogP contribution in [-0.4, -0.2) is 20.7 Å². The van der Waals surface area contributed by atoms with Crippen LogP contribution in [0, 0.1) is 5.82 Å². The van der Waals surface area contributed by atoms with Gasteiger partial charge in [0.15, 0.2) is 0 Å². The Morgan fingerprint density at radius 2 is 2.06 bits per heavy atom. The second kappa shape index (κ2) is 3.83. The van der Waals surface area contributed by atoms with Crippen molar-refractivity contribution >= 4 is 0 Å². The van der Waals surface area contributed by atoms with Gasteiger partial charge in [-0.15, -0.1) is 0 Å². The Bertz CT molecular complexity index is 575. The summed E-state index contributed by atoms with van der Waals surface area (Å²) in [7, 11) is 0. The Morgan fingerprint density at radius 3 is 2.78 bits per heavy atom. The maximum absolute atomic E-state index is 13.2. The predicted octanol–water partition coefficient (Wildman–Crippen LogP) is 2.67. The van der Waals surface area contributed by atoms with Gasteiger partial charge in [-0.1, -0.05) is 0 Å². The maximum Gasteiger partial charge on any atom is 0.255 e. The van der Waals surface area contributed by atoms with Gasteiger partial charge in [-0.3, -0.25) is 9.67 Å². The summed E-state index contributed by atoms with van der Waals surface area (Å²) in [5, 5.41) is 4.21. The minimum atomic E-state index is -2.66. The first-order valence-corrected chi connectivity index (χ1v) is 5.60. The van der Waals surface area contributed by atoms with E-state index in [4.69, 9.17) is 0 Å². The van der Waals surface area contributed by atoms with Crippen LogP contribution in [0.4, 0.5) is 13.2 Å². The lowest BCUT2D eigenvalue weighted by Crippen LogP contribution is -2.29. The molecule has 1 aliphatic rings. The monoisotopic (exact) mass is 253 g/mol. The molecule has 0 saturated heterocycles. The molecule has 0 unspecified atom stereocenters. The van der Waals surface area contributed by atoms with Crippen LogP contribution in [0.15, 0.2) is 24.4 Å². The number of halogens is 3. The quantitative estimate of drug-likeness (QED) is 0.782. The second-order valence-corrected chi connectivity index (χ2v) is 4.39. The zero-order valence-corrected chi connectivity index (χ0v) is 9.41. The number of rotatable bonds is 1. The smallest absolute Gasteiger partial charge is 0.255 e. The van der Waals surface area contributed by atoms with E-state index >= 15 is 0 Å². The Hall–Kier alpha value is -1.85. The second-order valence-electron chi connectivity index (χ2n) is 4.39. The number of nitrogens with zero attached hydrogens (tertiary/aromatic N) is 3. The van der Waals surface area contributed by atoms with E-state index in [1.807, 2.05) is 0 Å². The summed E-state index contributed by atoms with van der Waals surface area (Å²) < 4.78 is 40.8. The first-order valence-electron chi connectivity index (χ1n) is 5.60. The summed E-state index contributed by atoms with van der Waals surface area (Å²) in [5.41, 5.74) is 1.48. The molecule has 94 valence electrons. The molecule has 0 bridgehead atoms. The van der Waals surface area contributed by atoms with Crippen molar-refractivity contribution in [3.8, 4) is 11.4 Å². The molecule has 0 radical (unpaired) electrons. The van der Waals surface area contributed by atoms with E-state index in [1.165, 1.54) is 12.1 Å². The maximum atomic E-state index is 13.2. The molecule has 0 N–H and O–H groups in total. The van der Waals surface area contributed by atoms with Gasteiger partial charge in [0.05, 0.1) is 18.3 Å². The minimum absolute atomic E-state index is 0.196.